The number of aliphatic hydroxyl groups is 1. The number of nitrogens with zero attached hydrogens (tertiary/aromatic N) is 4. The molecule has 0 radical (unpaired) electrons. The summed E-state index contributed by atoms with van der Waals surface area (Å²) in [5.74, 6) is 1.69. The zero-order chi connectivity index (χ0) is 25.1. The van der Waals surface area contributed by atoms with Crippen LogP contribution in [0.15, 0.2) is 48.7 Å². The van der Waals surface area contributed by atoms with E-state index in [1.54, 1.807) is 17.0 Å². The molecule has 0 bridgehead atoms. The molecule has 4 aromatic rings. The molecule has 7 nitrogen and oxygen atoms in total. The van der Waals surface area contributed by atoms with Crippen molar-refractivity contribution in [3.05, 3.63) is 71.4 Å². The van der Waals surface area contributed by atoms with Gasteiger partial charge in [-0.3, -0.25) is 14.7 Å². The third-order valence-electron chi connectivity index (χ3n) is 8.35. The van der Waals surface area contributed by atoms with Crippen LogP contribution in [0.3, 0.4) is 0 Å². The fourth-order valence-electron chi connectivity index (χ4n) is 6.20. The van der Waals surface area contributed by atoms with E-state index >= 15 is 0 Å². The maximum Gasteiger partial charge on any atom is 0.254 e. The standard InChI is InChI=1S/C29H30FN5O2/c30-20-4-6-24-23(14-20)22(7-10-31-24)17-8-11-34(12-9-17)27(18-1-2-18)28-32-25-5-3-19(13-26(25)33-28)29(37)35-15-21(36)16-35/h3-7,10,13-14,17-18,21,27,36H,1-2,8-9,11-12,15-16H2,(H,32,33)/t27-/m1/s1. The predicted octanol–water partition coefficient (Wildman–Crippen LogP) is 4.40. The number of hydrogen-bond donors (Lipinski definition) is 2. The summed E-state index contributed by atoms with van der Waals surface area (Å²) >= 11 is 0. The highest BCUT2D eigenvalue weighted by Crippen LogP contribution is 2.46. The zero-order valence-corrected chi connectivity index (χ0v) is 20.6. The summed E-state index contributed by atoms with van der Waals surface area (Å²) in [6.07, 6.45) is 5.87. The number of rotatable bonds is 5. The molecule has 4 heterocycles. The number of β-amino-alcohol motifs (C(OH)–C–C–N with tert-alkyl or cyclic N) is 1. The van der Waals surface area contributed by atoms with Crippen molar-refractivity contribution in [1.82, 2.24) is 24.8 Å². The van der Waals surface area contributed by atoms with E-state index in [9.17, 15) is 14.3 Å². The highest BCUT2D eigenvalue weighted by Gasteiger charge is 2.40. The van der Waals surface area contributed by atoms with Crippen LogP contribution in [-0.2, 0) is 0 Å². The number of fused-ring (bicyclic) bond motifs is 2. The number of pyridine rings is 1. The van der Waals surface area contributed by atoms with E-state index in [1.165, 1.54) is 24.5 Å². The van der Waals surface area contributed by atoms with Gasteiger partial charge >= 0.3 is 0 Å². The van der Waals surface area contributed by atoms with Crippen LogP contribution in [-0.4, -0.2) is 68.0 Å². The van der Waals surface area contributed by atoms with Crippen LogP contribution in [0.5, 0.6) is 0 Å². The number of halogens is 1. The van der Waals surface area contributed by atoms with Crippen LogP contribution < -0.4 is 0 Å². The first-order valence-corrected chi connectivity index (χ1v) is 13.3. The van der Waals surface area contributed by atoms with Crippen LogP contribution in [0.1, 0.15) is 59.4 Å². The van der Waals surface area contributed by atoms with E-state index in [2.05, 4.69) is 20.9 Å². The molecule has 2 aromatic heterocycles. The Morgan fingerprint density at radius 2 is 1.81 bits per heavy atom. The second-order valence-electron chi connectivity index (χ2n) is 10.9. The Morgan fingerprint density at radius 3 is 2.57 bits per heavy atom. The van der Waals surface area contributed by atoms with Gasteiger partial charge in [-0.25, -0.2) is 9.37 Å². The number of carbonyl (C=O) groups is 1. The second kappa shape index (κ2) is 8.89. The molecule has 2 N–H and O–H groups in total. The van der Waals surface area contributed by atoms with Crippen molar-refractivity contribution in [2.45, 2.75) is 43.7 Å². The summed E-state index contributed by atoms with van der Waals surface area (Å²) in [4.78, 5) is 29.9. The molecule has 3 fully saturated rings. The van der Waals surface area contributed by atoms with E-state index in [0.717, 1.165) is 53.7 Å². The Morgan fingerprint density at radius 1 is 1.03 bits per heavy atom. The summed E-state index contributed by atoms with van der Waals surface area (Å²) < 4.78 is 14.0. The van der Waals surface area contributed by atoms with Crippen LogP contribution in [0.2, 0.25) is 0 Å². The molecule has 2 aromatic carbocycles. The van der Waals surface area contributed by atoms with Gasteiger partial charge < -0.3 is 15.0 Å². The van der Waals surface area contributed by atoms with Gasteiger partial charge in [-0.1, -0.05) is 0 Å². The Labute approximate surface area is 214 Å². The maximum atomic E-state index is 14.0. The number of imidazole rings is 1. The molecule has 8 heteroatoms. The number of amides is 1. The van der Waals surface area contributed by atoms with Gasteiger partial charge in [0.1, 0.15) is 11.6 Å². The van der Waals surface area contributed by atoms with E-state index in [1.807, 2.05) is 24.4 Å². The van der Waals surface area contributed by atoms with Crippen molar-refractivity contribution in [3.8, 4) is 0 Å². The van der Waals surface area contributed by atoms with Crippen molar-refractivity contribution in [1.29, 1.82) is 0 Å². The minimum atomic E-state index is -0.409. The third-order valence-corrected chi connectivity index (χ3v) is 8.35. The third kappa shape index (κ3) is 4.18. The van der Waals surface area contributed by atoms with Crippen LogP contribution in [0, 0.1) is 11.7 Å². The lowest BCUT2D eigenvalue weighted by Gasteiger charge is -2.37. The minimum absolute atomic E-state index is 0.0484. The summed E-state index contributed by atoms with van der Waals surface area (Å²) in [6.45, 7) is 2.72. The first-order valence-electron chi connectivity index (χ1n) is 13.3. The summed E-state index contributed by atoms with van der Waals surface area (Å²) in [7, 11) is 0. The van der Waals surface area contributed by atoms with Gasteiger partial charge in [-0.05, 0) is 98.6 Å². The van der Waals surface area contributed by atoms with E-state index < -0.39 is 6.10 Å². The minimum Gasteiger partial charge on any atom is -0.389 e. The number of carbonyl (C=O) groups excluding carboxylic acids is 1. The molecular weight excluding hydrogens is 469 g/mol. The van der Waals surface area contributed by atoms with Crippen LogP contribution >= 0.6 is 0 Å². The molecule has 3 aliphatic rings. The molecule has 7 rings (SSSR count). The van der Waals surface area contributed by atoms with Crippen molar-refractivity contribution >= 4 is 27.8 Å². The number of hydrogen-bond acceptors (Lipinski definition) is 5. The number of aromatic amines is 1. The molecule has 190 valence electrons. The van der Waals surface area contributed by atoms with Gasteiger partial charge in [0.2, 0.25) is 0 Å². The van der Waals surface area contributed by atoms with Gasteiger partial charge in [-0.15, -0.1) is 0 Å². The van der Waals surface area contributed by atoms with Crippen molar-refractivity contribution in [2.24, 2.45) is 5.92 Å². The maximum absolute atomic E-state index is 14.0. The number of aliphatic hydroxyl groups excluding tert-OH is 1. The highest BCUT2D eigenvalue weighted by molar-refractivity contribution is 5.97. The lowest BCUT2D eigenvalue weighted by molar-refractivity contribution is 0.00590. The summed E-state index contributed by atoms with van der Waals surface area (Å²) in [5, 5.41) is 10.5. The van der Waals surface area contributed by atoms with Crippen LogP contribution in [0.25, 0.3) is 21.9 Å². The van der Waals surface area contributed by atoms with Gasteiger partial charge in [-0.2, -0.15) is 0 Å². The fourth-order valence-corrected chi connectivity index (χ4v) is 6.20. The topological polar surface area (TPSA) is 85.4 Å². The highest BCUT2D eigenvalue weighted by atomic mass is 19.1. The van der Waals surface area contributed by atoms with Crippen molar-refractivity contribution < 1.29 is 14.3 Å². The first-order chi connectivity index (χ1) is 18.0. The zero-order valence-electron chi connectivity index (χ0n) is 20.6. The molecule has 1 amide bonds. The Bertz CT molecular complexity index is 1480. The Kier molecular flexibility index (Phi) is 5.48. The SMILES string of the molecule is O=C(c1ccc2nc([C@@H](C3CC3)N3CCC(c4ccnc5ccc(F)cc45)CC3)[nH]c2c1)N1CC(O)C1. The average Bonchev–Trinajstić information content (AvgIpc) is 3.64. The molecule has 0 unspecified atom stereocenters. The molecule has 1 atom stereocenters. The van der Waals surface area contributed by atoms with Gasteiger partial charge in [0.05, 0.1) is 28.7 Å². The van der Waals surface area contributed by atoms with Gasteiger partial charge in [0.15, 0.2) is 0 Å². The Balaban J connectivity index is 1.11. The molecule has 2 saturated heterocycles. The van der Waals surface area contributed by atoms with Crippen molar-refractivity contribution in [3.63, 3.8) is 0 Å². The number of likely N-dealkylation sites (tertiary alicyclic amines) is 2. The molecule has 1 aliphatic carbocycles. The second-order valence-corrected chi connectivity index (χ2v) is 10.9. The average molecular weight is 500 g/mol. The number of nitrogens with one attached hydrogen (secondary N) is 1. The molecule has 1 saturated carbocycles. The summed E-state index contributed by atoms with van der Waals surface area (Å²) in [5.41, 5.74) is 4.43. The lowest BCUT2D eigenvalue weighted by Crippen LogP contribution is -2.53. The van der Waals surface area contributed by atoms with Gasteiger partial charge in [0.25, 0.3) is 5.91 Å². The lowest BCUT2D eigenvalue weighted by atomic mass is 9.86. The smallest absolute Gasteiger partial charge is 0.254 e. The largest absolute Gasteiger partial charge is 0.389 e. The normalized spacial score (nSPS) is 20.4. The number of piperidine rings is 1. The monoisotopic (exact) mass is 499 g/mol. The molecule has 2 aliphatic heterocycles. The van der Waals surface area contributed by atoms with E-state index in [-0.39, 0.29) is 17.8 Å². The van der Waals surface area contributed by atoms with E-state index in [0.29, 0.717) is 30.5 Å². The molecular formula is C29H30FN5O2. The van der Waals surface area contributed by atoms with Crippen molar-refractivity contribution in [2.75, 3.05) is 26.2 Å². The quantitative estimate of drug-likeness (QED) is 0.425. The fraction of sp³-hybridized carbons (Fsp3) is 0.414. The number of H-pyrrole nitrogens is 1. The number of benzene rings is 2. The van der Waals surface area contributed by atoms with Gasteiger partial charge in [0, 0.05) is 30.2 Å². The van der Waals surface area contributed by atoms with Crippen LogP contribution in [0.4, 0.5) is 4.39 Å². The summed E-state index contributed by atoms with van der Waals surface area (Å²) in [6, 6.07) is 12.8. The predicted molar refractivity (Wildman–Crippen MR) is 139 cm³/mol. The first kappa shape index (κ1) is 22.8. The number of aromatic nitrogens is 3. The van der Waals surface area contributed by atoms with E-state index in [4.69, 9.17) is 4.98 Å². The molecule has 0 spiro atoms. The Hall–Kier alpha value is -3.36. The molecule has 37 heavy (non-hydrogen) atoms.